The second-order valence-electron chi connectivity index (χ2n) is 7.35. The van der Waals surface area contributed by atoms with E-state index in [4.69, 9.17) is 0 Å². The summed E-state index contributed by atoms with van der Waals surface area (Å²) in [6.45, 7) is 7.49. The van der Waals surface area contributed by atoms with E-state index in [9.17, 15) is 13.2 Å². The van der Waals surface area contributed by atoms with Crippen molar-refractivity contribution in [3.63, 3.8) is 0 Å². The number of carbonyl (C=O) groups excluding carboxylic acids is 1. The number of sulfonamides is 1. The molecule has 0 saturated carbocycles. The lowest BCUT2D eigenvalue weighted by atomic mass is 10.1. The standard InChI is InChI=1S/C20H25N5O3S/c1-13(2)19(24-29(27,28)16-9-8-14(3)15(4)11-16)20(26)21-12-18-23-22-17-7-5-6-10-25(17)18/h5-11,13,19,24H,12H2,1-4H3,(H,21,26). The van der Waals surface area contributed by atoms with Gasteiger partial charge in [-0.25, -0.2) is 8.42 Å². The van der Waals surface area contributed by atoms with Gasteiger partial charge in [-0.05, 0) is 55.2 Å². The first-order chi connectivity index (χ1) is 13.7. The van der Waals surface area contributed by atoms with Crippen LogP contribution in [0.25, 0.3) is 5.65 Å². The lowest BCUT2D eigenvalue weighted by Crippen LogP contribution is -2.49. The number of benzene rings is 1. The summed E-state index contributed by atoms with van der Waals surface area (Å²) in [4.78, 5) is 12.9. The van der Waals surface area contributed by atoms with E-state index < -0.39 is 22.0 Å². The van der Waals surface area contributed by atoms with Gasteiger partial charge in [-0.1, -0.05) is 26.0 Å². The van der Waals surface area contributed by atoms with Crippen LogP contribution in [-0.2, 0) is 21.4 Å². The quantitative estimate of drug-likeness (QED) is 0.614. The molecule has 0 aliphatic heterocycles. The summed E-state index contributed by atoms with van der Waals surface area (Å²) in [6.07, 6.45) is 1.80. The van der Waals surface area contributed by atoms with Gasteiger partial charge in [0.2, 0.25) is 15.9 Å². The Kier molecular flexibility index (Phi) is 5.99. The predicted molar refractivity (Wildman–Crippen MR) is 110 cm³/mol. The fourth-order valence-electron chi connectivity index (χ4n) is 2.90. The summed E-state index contributed by atoms with van der Waals surface area (Å²) in [6, 6.07) is 9.50. The number of aromatic nitrogens is 3. The number of hydrogen-bond donors (Lipinski definition) is 2. The lowest BCUT2D eigenvalue weighted by Gasteiger charge is -2.21. The second kappa shape index (κ2) is 8.30. The molecule has 154 valence electrons. The molecule has 2 N–H and O–H groups in total. The lowest BCUT2D eigenvalue weighted by molar-refractivity contribution is -0.123. The van der Waals surface area contributed by atoms with Crippen molar-refractivity contribution >= 4 is 21.6 Å². The first-order valence-electron chi connectivity index (χ1n) is 9.35. The number of rotatable bonds is 7. The molecule has 8 nitrogen and oxygen atoms in total. The van der Waals surface area contributed by atoms with Crippen LogP contribution in [0, 0.1) is 19.8 Å². The van der Waals surface area contributed by atoms with Gasteiger partial charge in [0.25, 0.3) is 0 Å². The van der Waals surface area contributed by atoms with Gasteiger partial charge in [-0.2, -0.15) is 4.72 Å². The van der Waals surface area contributed by atoms with Crippen molar-refractivity contribution in [2.75, 3.05) is 0 Å². The molecule has 3 aromatic rings. The zero-order valence-electron chi connectivity index (χ0n) is 16.9. The fourth-order valence-corrected chi connectivity index (χ4v) is 4.32. The van der Waals surface area contributed by atoms with Gasteiger partial charge in [0, 0.05) is 6.20 Å². The van der Waals surface area contributed by atoms with Crippen LogP contribution in [0.1, 0.15) is 30.8 Å². The zero-order valence-corrected chi connectivity index (χ0v) is 17.7. The molecule has 2 aromatic heterocycles. The molecule has 1 amide bonds. The average Bonchev–Trinajstić information content (AvgIpc) is 3.09. The van der Waals surface area contributed by atoms with Crippen LogP contribution >= 0.6 is 0 Å². The Labute approximate surface area is 170 Å². The van der Waals surface area contributed by atoms with E-state index in [-0.39, 0.29) is 17.4 Å². The van der Waals surface area contributed by atoms with E-state index in [0.717, 1.165) is 11.1 Å². The highest BCUT2D eigenvalue weighted by atomic mass is 32.2. The highest BCUT2D eigenvalue weighted by molar-refractivity contribution is 7.89. The van der Waals surface area contributed by atoms with Crippen molar-refractivity contribution in [2.24, 2.45) is 5.92 Å². The molecule has 0 radical (unpaired) electrons. The van der Waals surface area contributed by atoms with Gasteiger partial charge in [-0.3, -0.25) is 9.20 Å². The minimum absolute atomic E-state index is 0.138. The van der Waals surface area contributed by atoms with E-state index in [1.54, 1.807) is 42.6 Å². The number of nitrogens with one attached hydrogen (secondary N) is 2. The van der Waals surface area contributed by atoms with Gasteiger partial charge < -0.3 is 5.32 Å². The molecule has 0 aliphatic rings. The van der Waals surface area contributed by atoms with Crippen molar-refractivity contribution in [1.29, 1.82) is 0 Å². The Balaban J connectivity index is 1.74. The Hall–Kier alpha value is -2.78. The highest BCUT2D eigenvalue weighted by Crippen LogP contribution is 2.16. The summed E-state index contributed by atoms with van der Waals surface area (Å²) in [5.41, 5.74) is 2.55. The molecule has 9 heteroatoms. The van der Waals surface area contributed by atoms with E-state index in [1.165, 1.54) is 0 Å². The van der Waals surface area contributed by atoms with Crippen LogP contribution in [0.5, 0.6) is 0 Å². The van der Waals surface area contributed by atoms with Gasteiger partial charge in [-0.15, -0.1) is 10.2 Å². The smallest absolute Gasteiger partial charge is 0.241 e. The highest BCUT2D eigenvalue weighted by Gasteiger charge is 2.28. The van der Waals surface area contributed by atoms with Crippen molar-refractivity contribution in [3.8, 4) is 0 Å². The molecule has 0 spiro atoms. The Morgan fingerprint density at radius 2 is 1.86 bits per heavy atom. The Bertz CT molecular complexity index is 1140. The van der Waals surface area contributed by atoms with Crippen molar-refractivity contribution in [3.05, 3.63) is 59.5 Å². The minimum atomic E-state index is -3.84. The fraction of sp³-hybridized carbons (Fsp3) is 0.350. The largest absolute Gasteiger partial charge is 0.347 e. The molecule has 0 aliphatic carbocycles. The number of pyridine rings is 1. The summed E-state index contributed by atoms with van der Waals surface area (Å²) < 4.78 is 29.9. The minimum Gasteiger partial charge on any atom is -0.347 e. The van der Waals surface area contributed by atoms with E-state index >= 15 is 0 Å². The molecule has 0 fully saturated rings. The molecule has 3 rings (SSSR count). The topological polar surface area (TPSA) is 105 Å². The molecule has 0 saturated heterocycles. The second-order valence-corrected chi connectivity index (χ2v) is 9.07. The number of amides is 1. The molecule has 1 aromatic carbocycles. The first kappa shape index (κ1) is 20.9. The molecule has 29 heavy (non-hydrogen) atoms. The zero-order chi connectivity index (χ0) is 21.2. The van der Waals surface area contributed by atoms with Crippen LogP contribution in [0.3, 0.4) is 0 Å². The van der Waals surface area contributed by atoms with Gasteiger partial charge >= 0.3 is 0 Å². The maximum atomic E-state index is 12.8. The Morgan fingerprint density at radius 1 is 1.10 bits per heavy atom. The molecule has 0 bridgehead atoms. The molecular formula is C20H25N5O3S. The summed E-state index contributed by atoms with van der Waals surface area (Å²) >= 11 is 0. The maximum Gasteiger partial charge on any atom is 0.241 e. The van der Waals surface area contributed by atoms with Gasteiger partial charge in [0.05, 0.1) is 11.4 Å². The summed E-state index contributed by atoms with van der Waals surface area (Å²) in [7, 11) is -3.84. The summed E-state index contributed by atoms with van der Waals surface area (Å²) in [5.74, 6) is -0.0972. The third-order valence-corrected chi connectivity index (χ3v) is 6.26. The van der Waals surface area contributed by atoms with Crippen LogP contribution in [0.2, 0.25) is 0 Å². The predicted octanol–water partition coefficient (Wildman–Crippen LogP) is 1.97. The van der Waals surface area contributed by atoms with E-state index in [0.29, 0.717) is 11.5 Å². The van der Waals surface area contributed by atoms with Gasteiger partial charge in [0.1, 0.15) is 6.04 Å². The molecule has 1 unspecified atom stereocenters. The number of hydrogen-bond acceptors (Lipinski definition) is 5. The van der Waals surface area contributed by atoms with Crippen LogP contribution < -0.4 is 10.0 Å². The Morgan fingerprint density at radius 3 is 2.55 bits per heavy atom. The van der Waals surface area contributed by atoms with Crippen molar-refractivity contribution < 1.29 is 13.2 Å². The van der Waals surface area contributed by atoms with Crippen molar-refractivity contribution in [1.82, 2.24) is 24.6 Å². The van der Waals surface area contributed by atoms with E-state index in [1.807, 2.05) is 32.0 Å². The SMILES string of the molecule is Cc1ccc(S(=O)(=O)NC(C(=O)NCc2nnc3ccccn23)C(C)C)cc1C. The maximum absolute atomic E-state index is 12.8. The van der Waals surface area contributed by atoms with Crippen molar-refractivity contribution in [2.45, 2.75) is 45.2 Å². The van der Waals surface area contributed by atoms with Crippen LogP contribution in [0.15, 0.2) is 47.5 Å². The third-order valence-electron chi connectivity index (χ3n) is 4.82. The number of nitrogens with zero attached hydrogens (tertiary/aromatic N) is 3. The van der Waals surface area contributed by atoms with E-state index in [2.05, 4.69) is 20.2 Å². The van der Waals surface area contributed by atoms with Crippen LogP contribution in [-0.4, -0.2) is 35.0 Å². The number of fused-ring (bicyclic) bond motifs is 1. The summed E-state index contributed by atoms with van der Waals surface area (Å²) in [5, 5.41) is 10.9. The normalized spacial score (nSPS) is 13.0. The van der Waals surface area contributed by atoms with Crippen LogP contribution in [0.4, 0.5) is 0 Å². The average molecular weight is 416 g/mol. The third kappa shape index (κ3) is 4.63. The molecular weight excluding hydrogens is 390 g/mol. The number of aryl methyl sites for hydroxylation is 2. The number of carbonyl (C=O) groups is 1. The molecule has 2 heterocycles. The molecule has 1 atom stereocenters. The first-order valence-corrected chi connectivity index (χ1v) is 10.8. The monoisotopic (exact) mass is 415 g/mol. The van der Waals surface area contributed by atoms with Gasteiger partial charge in [0.15, 0.2) is 11.5 Å².